The summed E-state index contributed by atoms with van der Waals surface area (Å²) in [6, 6.07) is 7.97. The minimum absolute atomic E-state index is 0. The summed E-state index contributed by atoms with van der Waals surface area (Å²) in [6.45, 7) is 0. The first-order valence-corrected chi connectivity index (χ1v) is 7.58. The predicted molar refractivity (Wildman–Crippen MR) is 94.5 cm³/mol. The quantitative estimate of drug-likeness (QED) is 0.313. The number of anilines is 1. The molecule has 0 aromatic heterocycles. The number of para-hydroxylation sites is 1. The van der Waals surface area contributed by atoms with Crippen LogP contribution in [0.25, 0.3) is 0 Å². The molecule has 0 aliphatic carbocycles. The van der Waals surface area contributed by atoms with Crippen molar-refractivity contribution in [3.8, 4) is 11.8 Å². The van der Waals surface area contributed by atoms with E-state index in [1.165, 1.54) is 6.07 Å². The summed E-state index contributed by atoms with van der Waals surface area (Å²) in [5, 5.41) is 21.6. The topological polar surface area (TPSA) is 105 Å². The first-order valence-electron chi connectivity index (χ1n) is 7.20. The smallest absolute Gasteiger partial charge is 0.427 e. The molecule has 0 atom stereocenters. The maximum Gasteiger partial charge on any atom is 0.461 e. The molecule has 2 aromatic rings. The minimum Gasteiger partial charge on any atom is -0.427 e. The van der Waals surface area contributed by atoms with Gasteiger partial charge in [0.1, 0.15) is 22.5 Å². The van der Waals surface area contributed by atoms with Crippen LogP contribution in [0.1, 0.15) is 15.9 Å². The van der Waals surface area contributed by atoms with Gasteiger partial charge in [0.15, 0.2) is 0 Å². The van der Waals surface area contributed by atoms with Gasteiger partial charge in [-0.1, -0.05) is 23.7 Å². The van der Waals surface area contributed by atoms with Gasteiger partial charge in [-0.05, 0) is 24.3 Å². The van der Waals surface area contributed by atoms with Crippen LogP contribution in [0.15, 0.2) is 36.4 Å². The van der Waals surface area contributed by atoms with E-state index >= 15 is 0 Å². The average Bonchev–Trinajstić information content (AvgIpc) is 2.61. The van der Waals surface area contributed by atoms with Crippen LogP contribution in [0, 0.1) is 21.4 Å². The number of nitriles is 1. The molecule has 0 aliphatic rings. The van der Waals surface area contributed by atoms with Crippen LogP contribution in [0.4, 0.5) is 28.9 Å². The molecule has 2 rings (SSSR count). The maximum absolute atomic E-state index is 13.2. The number of hydrogen-bond acceptors (Lipinski definition) is 5. The molecule has 1 radical (unpaired) electrons. The van der Waals surface area contributed by atoms with Crippen LogP contribution in [0.3, 0.4) is 0 Å². The molecule has 0 bridgehead atoms. The number of alkyl halides is 4. The standard InChI is InChI=1S/C16H8ClF4N3O4.Na/c17-12-8(7-22)5-6-10(13(12)24(26)27)23-14(25)9-3-1-2-4-11(9)28-16(20,21)15(18)19;/h1-6,15H,(H,23,25);. The number of ether oxygens (including phenoxy) is 1. The van der Waals surface area contributed by atoms with Crippen molar-refractivity contribution in [3.63, 3.8) is 0 Å². The normalized spacial score (nSPS) is 10.7. The van der Waals surface area contributed by atoms with Crippen molar-refractivity contribution in [1.29, 1.82) is 5.26 Å². The van der Waals surface area contributed by atoms with E-state index in [9.17, 15) is 32.5 Å². The van der Waals surface area contributed by atoms with Gasteiger partial charge in [0.2, 0.25) is 0 Å². The van der Waals surface area contributed by atoms with E-state index in [1.807, 2.05) is 0 Å². The number of rotatable bonds is 6. The number of halogens is 5. The zero-order chi connectivity index (χ0) is 21.1. The molecule has 0 unspecified atom stereocenters. The van der Waals surface area contributed by atoms with Gasteiger partial charge in [-0.15, -0.1) is 0 Å². The second-order valence-corrected chi connectivity index (χ2v) is 5.48. The molecule has 1 N–H and O–H groups in total. The van der Waals surface area contributed by atoms with Crippen LogP contribution in [0.5, 0.6) is 5.75 Å². The van der Waals surface area contributed by atoms with Crippen molar-refractivity contribution in [2.45, 2.75) is 12.5 Å². The van der Waals surface area contributed by atoms with E-state index in [-0.39, 0.29) is 35.1 Å². The zero-order valence-corrected chi connectivity index (χ0v) is 17.2. The van der Waals surface area contributed by atoms with E-state index in [4.69, 9.17) is 16.9 Å². The summed E-state index contributed by atoms with van der Waals surface area (Å²) in [7, 11) is 0. The first kappa shape index (κ1) is 24.6. The van der Waals surface area contributed by atoms with Crippen molar-refractivity contribution >= 4 is 58.4 Å². The van der Waals surface area contributed by atoms with Crippen molar-refractivity contribution in [3.05, 3.63) is 62.7 Å². The van der Waals surface area contributed by atoms with Crippen LogP contribution in [-0.4, -0.2) is 52.9 Å². The summed E-state index contributed by atoms with van der Waals surface area (Å²) in [5.41, 5.74) is -2.05. The fourth-order valence-corrected chi connectivity index (χ4v) is 2.33. The number of benzene rings is 2. The third-order valence-electron chi connectivity index (χ3n) is 3.30. The van der Waals surface area contributed by atoms with E-state index in [0.717, 1.165) is 30.3 Å². The van der Waals surface area contributed by atoms with E-state index in [0.29, 0.717) is 0 Å². The third-order valence-corrected chi connectivity index (χ3v) is 3.68. The van der Waals surface area contributed by atoms with Gasteiger partial charge >= 0.3 is 18.2 Å². The number of hydrogen-bond donors (Lipinski definition) is 1. The van der Waals surface area contributed by atoms with Crippen molar-refractivity contribution in [1.82, 2.24) is 0 Å². The van der Waals surface area contributed by atoms with Gasteiger partial charge in [0.25, 0.3) is 5.91 Å². The Balaban J connectivity index is 0.00000420. The molecule has 0 heterocycles. The molecule has 0 saturated carbocycles. The summed E-state index contributed by atoms with van der Waals surface area (Å²) in [5.74, 6) is -2.03. The maximum atomic E-state index is 13.2. The minimum atomic E-state index is -4.86. The van der Waals surface area contributed by atoms with Gasteiger partial charge in [-0.25, -0.2) is 0 Å². The predicted octanol–water partition coefficient (Wildman–Crippen LogP) is 4.23. The fraction of sp³-hybridized carbons (Fsp3) is 0.125. The van der Waals surface area contributed by atoms with Gasteiger partial charge in [-0.2, -0.15) is 22.8 Å². The summed E-state index contributed by atoms with van der Waals surface area (Å²) >= 11 is 5.77. The number of carbonyl (C=O) groups excluding carboxylic acids is 1. The fourth-order valence-electron chi connectivity index (χ4n) is 2.05. The summed E-state index contributed by atoms with van der Waals surface area (Å²) in [4.78, 5) is 22.6. The Kier molecular flexibility index (Phi) is 8.40. The van der Waals surface area contributed by atoms with E-state index < -0.39 is 51.1 Å². The molecule has 0 aliphatic heterocycles. The van der Waals surface area contributed by atoms with Gasteiger partial charge in [0, 0.05) is 29.6 Å². The molecule has 29 heavy (non-hydrogen) atoms. The van der Waals surface area contributed by atoms with Crippen LogP contribution >= 0.6 is 11.6 Å². The zero-order valence-electron chi connectivity index (χ0n) is 14.5. The van der Waals surface area contributed by atoms with Gasteiger partial charge < -0.3 is 10.1 Å². The van der Waals surface area contributed by atoms with Crippen molar-refractivity contribution < 1.29 is 32.0 Å². The Bertz CT molecular complexity index is 985. The second kappa shape index (κ2) is 9.89. The van der Waals surface area contributed by atoms with Gasteiger partial charge in [-0.3, -0.25) is 14.9 Å². The second-order valence-electron chi connectivity index (χ2n) is 5.11. The largest absolute Gasteiger partial charge is 0.461 e. The van der Waals surface area contributed by atoms with E-state index in [1.54, 1.807) is 6.07 Å². The van der Waals surface area contributed by atoms with Crippen LogP contribution < -0.4 is 10.1 Å². The van der Waals surface area contributed by atoms with Crippen LogP contribution in [0.2, 0.25) is 5.02 Å². The Morgan fingerprint density at radius 2 is 1.90 bits per heavy atom. The molecule has 7 nitrogen and oxygen atoms in total. The molecule has 0 spiro atoms. The first-order chi connectivity index (χ1) is 13.1. The molecule has 2 aromatic carbocycles. The SMILES string of the molecule is N#Cc1ccc(NC(=O)c2ccccc2OC(F)(F)C(F)F)c([N+](=O)[O-])c1Cl.[Na]. The summed E-state index contributed by atoms with van der Waals surface area (Å²) in [6.07, 6.45) is -9.01. The molecule has 0 fully saturated rings. The number of carbonyl (C=O) groups is 1. The number of nitro benzene ring substituents is 1. The third kappa shape index (κ3) is 5.57. The van der Waals surface area contributed by atoms with Crippen molar-refractivity contribution in [2.24, 2.45) is 0 Å². The number of nitro groups is 1. The summed E-state index contributed by atoms with van der Waals surface area (Å²) < 4.78 is 55.0. The molecular formula is C16H8ClF4N3NaO4. The Hall–Kier alpha value is -2.39. The van der Waals surface area contributed by atoms with Crippen molar-refractivity contribution in [2.75, 3.05) is 5.32 Å². The molecule has 0 saturated heterocycles. The van der Waals surface area contributed by atoms with E-state index in [2.05, 4.69) is 10.1 Å². The Morgan fingerprint density at radius 1 is 1.28 bits per heavy atom. The Morgan fingerprint density at radius 3 is 2.45 bits per heavy atom. The number of amides is 1. The molecule has 1 amide bonds. The molecule has 147 valence electrons. The Labute approximate surface area is 187 Å². The molecular weight excluding hydrogens is 433 g/mol. The monoisotopic (exact) mass is 440 g/mol. The van der Waals surface area contributed by atoms with Crippen LogP contribution in [-0.2, 0) is 0 Å². The molecule has 13 heteroatoms. The van der Waals surface area contributed by atoms with Gasteiger partial charge in [0.05, 0.1) is 16.1 Å². The average molecular weight is 441 g/mol. The number of nitrogens with zero attached hydrogens (tertiary/aromatic N) is 2. The number of nitrogens with one attached hydrogen (secondary N) is 1.